The largest absolute Gasteiger partial charge is 0.0591 e. The Bertz CT molecular complexity index is 990. The predicted octanol–water partition coefficient (Wildman–Crippen LogP) is 7.66. The minimum absolute atomic E-state index is 1.10. The smallest absolute Gasteiger partial charge is 0.0238 e. The van der Waals surface area contributed by atoms with Crippen molar-refractivity contribution in [1.29, 1.82) is 0 Å². The second kappa shape index (κ2) is 11.0. The van der Waals surface area contributed by atoms with Crippen molar-refractivity contribution in [2.75, 3.05) is 0 Å². The molecule has 32 heavy (non-hydrogen) atoms. The molecule has 0 aliphatic heterocycles. The highest BCUT2D eigenvalue weighted by Crippen LogP contribution is 2.14. The number of benzene rings is 4. The fourth-order valence-corrected chi connectivity index (χ4v) is 4.12. The van der Waals surface area contributed by atoms with E-state index >= 15 is 0 Å². The minimum atomic E-state index is 1.10. The molecule has 0 amide bonds. The van der Waals surface area contributed by atoms with E-state index in [1.54, 1.807) is 0 Å². The van der Waals surface area contributed by atoms with Crippen molar-refractivity contribution in [2.24, 2.45) is 0 Å². The lowest BCUT2D eigenvalue weighted by Gasteiger charge is -2.07. The van der Waals surface area contributed by atoms with Crippen LogP contribution in [0.3, 0.4) is 0 Å². The molecule has 0 nitrogen and oxygen atoms in total. The van der Waals surface area contributed by atoms with E-state index in [2.05, 4.69) is 111 Å². The summed E-state index contributed by atoms with van der Waals surface area (Å²) in [5.41, 5.74) is 11.2. The highest BCUT2D eigenvalue weighted by molar-refractivity contribution is 5.29. The van der Waals surface area contributed by atoms with Crippen LogP contribution in [0.5, 0.6) is 0 Å². The molecule has 0 radical (unpaired) electrons. The van der Waals surface area contributed by atoms with Gasteiger partial charge in [0.1, 0.15) is 0 Å². The summed E-state index contributed by atoms with van der Waals surface area (Å²) in [7, 11) is 0. The highest BCUT2D eigenvalue weighted by Gasteiger charge is 2.01. The van der Waals surface area contributed by atoms with Crippen LogP contribution in [0.4, 0.5) is 0 Å². The molecule has 0 saturated heterocycles. The van der Waals surface area contributed by atoms with Gasteiger partial charge >= 0.3 is 0 Å². The fraction of sp³-hybridized carbons (Fsp3) is 0.250. The van der Waals surface area contributed by atoms with Gasteiger partial charge in [-0.3, -0.25) is 0 Å². The molecule has 0 heterocycles. The molecule has 0 unspecified atom stereocenters. The van der Waals surface area contributed by atoms with Crippen molar-refractivity contribution in [3.8, 4) is 0 Å². The van der Waals surface area contributed by atoms with Gasteiger partial charge in [-0.2, -0.15) is 0 Å². The third-order valence-electron chi connectivity index (χ3n) is 6.39. The van der Waals surface area contributed by atoms with E-state index in [0.717, 1.165) is 38.5 Å². The first kappa shape index (κ1) is 22.1. The van der Waals surface area contributed by atoms with Crippen LogP contribution in [0.2, 0.25) is 0 Å². The standard InChI is InChI=1S/C32H34/c1-25-3-7-27(8-4-25)11-13-29-15-19-31(20-16-29)23-24-32-21-17-30(18-22-32)14-12-28-9-5-26(2)6-10-28/h3-10,15-22H,11-14,23-24H2,1-2H3. The van der Waals surface area contributed by atoms with Gasteiger partial charge in [0.05, 0.1) is 0 Å². The molecule has 0 atom stereocenters. The Labute approximate surface area is 194 Å². The zero-order valence-electron chi connectivity index (χ0n) is 19.5. The number of rotatable bonds is 9. The molecule has 0 aromatic heterocycles. The van der Waals surface area contributed by atoms with Crippen LogP contribution in [0.15, 0.2) is 97.1 Å². The van der Waals surface area contributed by atoms with Crippen LogP contribution in [-0.2, 0) is 38.5 Å². The van der Waals surface area contributed by atoms with Gasteiger partial charge in [0, 0.05) is 0 Å². The van der Waals surface area contributed by atoms with Crippen LogP contribution in [-0.4, -0.2) is 0 Å². The van der Waals surface area contributed by atoms with Gasteiger partial charge < -0.3 is 0 Å². The van der Waals surface area contributed by atoms with Crippen molar-refractivity contribution in [1.82, 2.24) is 0 Å². The lowest BCUT2D eigenvalue weighted by molar-refractivity contribution is 0.932. The van der Waals surface area contributed by atoms with Gasteiger partial charge in [-0.1, -0.05) is 108 Å². The van der Waals surface area contributed by atoms with E-state index in [9.17, 15) is 0 Å². The fourth-order valence-electron chi connectivity index (χ4n) is 4.12. The normalized spacial score (nSPS) is 10.9. The molecule has 4 aromatic carbocycles. The summed E-state index contributed by atoms with van der Waals surface area (Å²) >= 11 is 0. The van der Waals surface area contributed by atoms with E-state index in [1.807, 2.05) is 0 Å². The highest BCUT2D eigenvalue weighted by atomic mass is 14.1. The van der Waals surface area contributed by atoms with Gasteiger partial charge in [-0.15, -0.1) is 0 Å². The van der Waals surface area contributed by atoms with Crippen LogP contribution in [0, 0.1) is 13.8 Å². The van der Waals surface area contributed by atoms with Crippen molar-refractivity contribution >= 4 is 0 Å². The maximum Gasteiger partial charge on any atom is -0.0238 e. The molecule has 4 rings (SSSR count). The molecule has 0 heteroatoms. The Morgan fingerprint density at radius 3 is 0.625 bits per heavy atom. The molecule has 0 bridgehead atoms. The summed E-state index contributed by atoms with van der Waals surface area (Å²) in [4.78, 5) is 0. The first-order valence-corrected chi connectivity index (χ1v) is 11.9. The Hall–Kier alpha value is -3.12. The SMILES string of the molecule is Cc1ccc(CCc2ccc(CCc3ccc(CCc4ccc(C)cc4)cc3)cc2)cc1. The van der Waals surface area contributed by atoms with Gasteiger partial charge in [-0.25, -0.2) is 0 Å². The van der Waals surface area contributed by atoms with Gasteiger partial charge in [0.25, 0.3) is 0 Å². The minimum Gasteiger partial charge on any atom is -0.0591 e. The predicted molar refractivity (Wildman–Crippen MR) is 137 cm³/mol. The van der Waals surface area contributed by atoms with Crippen molar-refractivity contribution in [2.45, 2.75) is 52.4 Å². The molecule has 0 aliphatic carbocycles. The Kier molecular flexibility index (Phi) is 7.56. The molecule has 0 N–H and O–H groups in total. The van der Waals surface area contributed by atoms with E-state index in [0.29, 0.717) is 0 Å². The van der Waals surface area contributed by atoms with Crippen molar-refractivity contribution in [3.63, 3.8) is 0 Å². The second-order valence-corrected chi connectivity index (χ2v) is 9.10. The Morgan fingerprint density at radius 1 is 0.281 bits per heavy atom. The molecular weight excluding hydrogens is 384 g/mol. The second-order valence-electron chi connectivity index (χ2n) is 9.10. The number of hydrogen-bond donors (Lipinski definition) is 0. The Morgan fingerprint density at radius 2 is 0.438 bits per heavy atom. The molecule has 162 valence electrons. The van der Waals surface area contributed by atoms with E-state index in [4.69, 9.17) is 0 Å². The monoisotopic (exact) mass is 418 g/mol. The molecule has 0 fully saturated rings. The van der Waals surface area contributed by atoms with Gasteiger partial charge in [0.2, 0.25) is 0 Å². The zero-order valence-corrected chi connectivity index (χ0v) is 19.5. The van der Waals surface area contributed by atoms with Gasteiger partial charge in [-0.05, 0) is 85.8 Å². The van der Waals surface area contributed by atoms with E-state index < -0.39 is 0 Å². The third kappa shape index (κ3) is 6.69. The third-order valence-corrected chi connectivity index (χ3v) is 6.39. The van der Waals surface area contributed by atoms with Crippen molar-refractivity contribution in [3.05, 3.63) is 142 Å². The molecule has 0 saturated carbocycles. The summed E-state index contributed by atoms with van der Waals surface area (Å²) in [5, 5.41) is 0. The van der Waals surface area contributed by atoms with Gasteiger partial charge in [0.15, 0.2) is 0 Å². The maximum absolute atomic E-state index is 2.31. The maximum atomic E-state index is 2.31. The summed E-state index contributed by atoms with van der Waals surface area (Å²) in [5.74, 6) is 0. The average molecular weight is 419 g/mol. The summed E-state index contributed by atoms with van der Waals surface area (Å²) < 4.78 is 0. The average Bonchev–Trinajstić information content (AvgIpc) is 2.83. The lowest BCUT2D eigenvalue weighted by atomic mass is 9.98. The summed E-state index contributed by atoms with van der Waals surface area (Å²) in [6.07, 6.45) is 6.62. The first-order chi connectivity index (χ1) is 15.6. The summed E-state index contributed by atoms with van der Waals surface area (Å²) in [6, 6.07) is 36.2. The quantitative estimate of drug-likeness (QED) is 0.262. The molecule has 4 aromatic rings. The molecule has 0 spiro atoms. The summed E-state index contributed by atoms with van der Waals surface area (Å²) in [6.45, 7) is 4.28. The zero-order chi connectivity index (χ0) is 22.2. The number of hydrogen-bond acceptors (Lipinski definition) is 0. The van der Waals surface area contributed by atoms with E-state index in [-0.39, 0.29) is 0 Å². The first-order valence-electron chi connectivity index (χ1n) is 11.9. The molecule has 0 aliphatic rings. The van der Waals surface area contributed by atoms with E-state index in [1.165, 1.54) is 44.5 Å². The van der Waals surface area contributed by atoms with Crippen LogP contribution in [0.1, 0.15) is 44.5 Å². The molecular formula is C32H34. The van der Waals surface area contributed by atoms with Crippen LogP contribution >= 0.6 is 0 Å². The van der Waals surface area contributed by atoms with Crippen molar-refractivity contribution < 1.29 is 0 Å². The Balaban J connectivity index is 1.22. The van der Waals surface area contributed by atoms with Crippen LogP contribution < -0.4 is 0 Å². The number of aryl methyl sites for hydroxylation is 8. The topological polar surface area (TPSA) is 0 Å². The van der Waals surface area contributed by atoms with Crippen LogP contribution in [0.25, 0.3) is 0 Å². The lowest BCUT2D eigenvalue weighted by Crippen LogP contribution is -1.95.